The van der Waals surface area contributed by atoms with E-state index in [-0.39, 0.29) is 5.66 Å². The first kappa shape index (κ1) is 16.0. The SMILES string of the molecule is CCCN(C)[C@]1(N)C=C(c2ccccc2C)CC=C(C)C1. The van der Waals surface area contributed by atoms with Crippen molar-refractivity contribution in [3.05, 3.63) is 53.1 Å². The Bertz CT molecular complexity index is 556. The normalized spacial score (nSPS) is 22.8. The monoisotopic (exact) mass is 284 g/mol. The molecule has 0 saturated heterocycles. The van der Waals surface area contributed by atoms with Crippen LogP contribution in [-0.4, -0.2) is 24.2 Å². The Balaban J connectivity index is 2.44. The number of allylic oxidation sites excluding steroid dienone is 2. The Hall–Kier alpha value is -1.38. The lowest BCUT2D eigenvalue weighted by atomic mass is 9.94. The van der Waals surface area contributed by atoms with Crippen LogP contribution in [0, 0.1) is 6.92 Å². The lowest BCUT2D eigenvalue weighted by Crippen LogP contribution is -2.53. The maximum atomic E-state index is 6.77. The van der Waals surface area contributed by atoms with Crippen molar-refractivity contribution in [2.45, 2.75) is 45.7 Å². The molecule has 0 fully saturated rings. The number of hydrogen-bond donors (Lipinski definition) is 1. The van der Waals surface area contributed by atoms with Gasteiger partial charge in [0.15, 0.2) is 0 Å². The smallest absolute Gasteiger partial charge is 0.0920 e. The van der Waals surface area contributed by atoms with Crippen LogP contribution in [0.25, 0.3) is 5.57 Å². The number of nitrogens with zero attached hydrogens (tertiary/aromatic N) is 1. The number of rotatable bonds is 4. The van der Waals surface area contributed by atoms with Gasteiger partial charge in [0.2, 0.25) is 0 Å². The average molecular weight is 284 g/mol. The first-order valence-electron chi connectivity index (χ1n) is 7.90. The molecule has 0 unspecified atom stereocenters. The Morgan fingerprint density at radius 1 is 1.24 bits per heavy atom. The van der Waals surface area contributed by atoms with Gasteiger partial charge in [0, 0.05) is 6.42 Å². The van der Waals surface area contributed by atoms with Crippen LogP contribution in [0.15, 0.2) is 42.0 Å². The highest BCUT2D eigenvalue weighted by molar-refractivity contribution is 5.71. The molecule has 0 aliphatic heterocycles. The predicted octanol–water partition coefficient (Wildman–Crippen LogP) is 4.12. The zero-order valence-electron chi connectivity index (χ0n) is 13.8. The second-order valence-corrected chi connectivity index (χ2v) is 6.33. The molecular formula is C19H28N2. The molecule has 0 heterocycles. The van der Waals surface area contributed by atoms with Gasteiger partial charge in [0.05, 0.1) is 5.66 Å². The zero-order chi connectivity index (χ0) is 15.5. The number of hydrogen-bond acceptors (Lipinski definition) is 2. The Labute approximate surface area is 129 Å². The van der Waals surface area contributed by atoms with Crippen LogP contribution >= 0.6 is 0 Å². The summed E-state index contributed by atoms with van der Waals surface area (Å²) < 4.78 is 0. The standard InChI is InChI=1S/C19H28N2/c1-5-12-21(4)19(20)13-15(2)10-11-17(14-19)18-9-7-6-8-16(18)3/h6-10,14H,5,11-13,20H2,1-4H3/t19-/m0/s1. The van der Waals surface area contributed by atoms with E-state index in [0.717, 1.165) is 25.8 Å². The molecular weight excluding hydrogens is 256 g/mol. The molecule has 1 aromatic rings. The van der Waals surface area contributed by atoms with Crippen molar-refractivity contribution in [3.63, 3.8) is 0 Å². The average Bonchev–Trinajstić information content (AvgIpc) is 2.59. The molecule has 0 bridgehead atoms. The summed E-state index contributed by atoms with van der Waals surface area (Å²) >= 11 is 0. The van der Waals surface area contributed by atoms with Gasteiger partial charge in [0.1, 0.15) is 0 Å². The Kier molecular flexibility index (Phi) is 5.02. The van der Waals surface area contributed by atoms with Gasteiger partial charge in [-0.3, -0.25) is 4.90 Å². The minimum Gasteiger partial charge on any atom is -0.310 e. The highest BCUT2D eigenvalue weighted by atomic mass is 15.2. The zero-order valence-corrected chi connectivity index (χ0v) is 13.8. The third-order valence-corrected chi connectivity index (χ3v) is 4.42. The van der Waals surface area contributed by atoms with Crippen molar-refractivity contribution in [2.24, 2.45) is 5.73 Å². The van der Waals surface area contributed by atoms with E-state index in [4.69, 9.17) is 5.73 Å². The van der Waals surface area contributed by atoms with Gasteiger partial charge in [-0.25, -0.2) is 0 Å². The van der Waals surface area contributed by atoms with Gasteiger partial charge in [0.25, 0.3) is 0 Å². The second kappa shape index (κ2) is 6.59. The molecule has 0 radical (unpaired) electrons. The van der Waals surface area contributed by atoms with Crippen LogP contribution in [0.1, 0.15) is 44.2 Å². The fraction of sp³-hybridized carbons (Fsp3) is 0.474. The number of nitrogens with two attached hydrogens (primary N) is 1. The third kappa shape index (κ3) is 3.63. The van der Waals surface area contributed by atoms with Crippen molar-refractivity contribution < 1.29 is 0 Å². The third-order valence-electron chi connectivity index (χ3n) is 4.42. The summed E-state index contributed by atoms with van der Waals surface area (Å²) in [5.41, 5.74) is 11.7. The molecule has 1 aliphatic carbocycles. The molecule has 114 valence electrons. The fourth-order valence-electron chi connectivity index (χ4n) is 3.12. The van der Waals surface area contributed by atoms with Crippen LogP contribution in [0.5, 0.6) is 0 Å². The molecule has 0 amide bonds. The largest absolute Gasteiger partial charge is 0.310 e. The van der Waals surface area contributed by atoms with Crippen LogP contribution in [0.4, 0.5) is 0 Å². The molecule has 0 saturated carbocycles. The summed E-state index contributed by atoms with van der Waals surface area (Å²) in [6, 6.07) is 8.58. The Morgan fingerprint density at radius 3 is 2.62 bits per heavy atom. The second-order valence-electron chi connectivity index (χ2n) is 6.33. The minimum atomic E-state index is -0.384. The maximum absolute atomic E-state index is 6.77. The van der Waals surface area contributed by atoms with Gasteiger partial charge < -0.3 is 5.73 Å². The van der Waals surface area contributed by atoms with E-state index in [1.54, 1.807) is 0 Å². The van der Waals surface area contributed by atoms with Gasteiger partial charge in [-0.05, 0) is 63.1 Å². The predicted molar refractivity (Wildman–Crippen MR) is 92.0 cm³/mol. The maximum Gasteiger partial charge on any atom is 0.0920 e. The quantitative estimate of drug-likeness (QED) is 0.666. The fourth-order valence-corrected chi connectivity index (χ4v) is 3.12. The molecule has 1 atom stereocenters. The van der Waals surface area contributed by atoms with E-state index < -0.39 is 0 Å². The molecule has 2 nitrogen and oxygen atoms in total. The summed E-state index contributed by atoms with van der Waals surface area (Å²) in [5.74, 6) is 0. The topological polar surface area (TPSA) is 29.3 Å². The summed E-state index contributed by atoms with van der Waals surface area (Å²) in [5, 5.41) is 0. The minimum absolute atomic E-state index is 0.384. The first-order chi connectivity index (χ1) is 9.96. The number of likely N-dealkylation sites (N-methyl/N-ethyl adjacent to an activating group) is 1. The van der Waals surface area contributed by atoms with Gasteiger partial charge in [-0.1, -0.05) is 42.8 Å². The van der Waals surface area contributed by atoms with Crippen LogP contribution < -0.4 is 5.73 Å². The number of benzene rings is 1. The van der Waals surface area contributed by atoms with Crippen molar-refractivity contribution >= 4 is 5.57 Å². The Morgan fingerprint density at radius 2 is 1.95 bits per heavy atom. The van der Waals surface area contributed by atoms with Gasteiger partial charge in [-0.2, -0.15) is 0 Å². The first-order valence-corrected chi connectivity index (χ1v) is 7.90. The lowest BCUT2D eigenvalue weighted by molar-refractivity contribution is 0.173. The van der Waals surface area contributed by atoms with E-state index in [9.17, 15) is 0 Å². The van der Waals surface area contributed by atoms with Crippen LogP contribution in [0.3, 0.4) is 0 Å². The van der Waals surface area contributed by atoms with Crippen LogP contribution in [-0.2, 0) is 0 Å². The highest BCUT2D eigenvalue weighted by Crippen LogP contribution is 2.32. The molecule has 1 aromatic carbocycles. The summed E-state index contributed by atoms with van der Waals surface area (Å²) in [6.45, 7) is 7.58. The van der Waals surface area contributed by atoms with Crippen molar-refractivity contribution in [2.75, 3.05) is 13.6 Å². The van der Waals surface area contributed by atoms with E-state index in [1.807, 2.05) is 0 Å². The highest BCUT2D eigenvalue weighted by Gasteiger charge is 2.29. The van der Waals surface area contributed by atoms with Crippen LogP contribution in [0.2, 0.25) is 0 Å². The van der Waals surface area contributed by atoms with Gasteiger partial charge in [-0.15, -0.1) is 0 Å². The molecule has 1 aliphatic rings. The van der Waals surface area contributed by atoms with Crippen molar-refractivity contribution in [1.29, 1.82) is 0 Å². The lowest BCUT2D eigenvalue weighted by Gasteiger charge is -2.36. The molecule has 21 heavy (non-hydrogen) atoms. The number of aryl methyl sites for hydroxylation is 1. The van der Waals surface area contributed by atoms with E-state index in [0.29, 0.717) is 0 Å². The summed E-state index contributed by atoms with van der Waals surface area (Å²) in [6.07, 6.45) is 7.60. The van der Waals surface area contributed by atoms with Crippen molar-refractivity contribution in [3.8, 4) is 0 Å². The van der Waals surface area contributed by atoms with E-state index >= 15 is 0 Å². The molecule has 2 heteroatoms. The summed E-state index contributed by atoms with van der Waals surface area (Å²) in [7, 11) is 2.13. The molecule has 0 aromatic heterocycles. The van der Waals surface area contributed by atoms with E-state index in [1.165, 1.54) is 22.3 Å². The van der Waals surface area contributed by atoms with E-state index in [2.05, 4.69) is 69.1 Å². The van der Waals surface area contributed by atoms with Crippen molar-refractivity contribution in [1.82, 2.24) is 4.90 Å². The molecule has 2 N–H and O–H groups in total. The van der Waals surface area contributed by atoms with Gasteiger partial charge >= 0.3 is 0 Å². The molecule has 0 spiro atoms. The molecule has 2 rings (SSSR count). The summed E-state index contributed by atoms with van der Waals surface area (Å²) in [4.78, 5) is 2.29.